The first-order chi connectivity index (χ1) is 12.9. The third-order valence-electron chi connectivity index (χ3n) is 4.38. The van der Waals surface area contributed by atoms with Gasteiger partial charge in [-0.1, -0.05) is 0 Å². The van der Waals surface area contributed by atoms with Gasteiger partial charge in [-0.25, -0.2) is 9.07 Å². The van der Waals surface area contributed by atoms with Crippen LogP contribution in [0.2, 0.25) is 0 Å². The zero-order valence-electron chi connectivity index (χ0n) is 15.1. The van der Waals surface area contributed by atoms with Crippen molar-refractivity contribution in [1.82, 2.24) is 15.1 Å². The fraction of sp³-hybridized carbons (Fsp3) is 0.200. The number of rotatable bonds is 4. The lowest BCUT2D eigenvalue weighted by Gasteiger charge is -2.10. The Balaban J connectivity index is 1.64. The van der Waals surface area contributed by atoms with Crippen molar-refractivity contribution >= 4 is 27.5 Å². The van der Waals surface area contributed by atoms with Crippen molar-refractivity contribution in [3.8, 4) is 5.69 Å². The van der Waals surface area contributed by atoms with Gasteiger partial charge in [0.2, 0.25) is 0 Å². The van der Waals surface area contributed by atoms with Crippen molar-refractivity contribution in [3.63, 3.8) is 0 Å². The number of furan rings is 1. The van der Waals surface area contributed by atoms with Gasteiger partial charge >= 0.3 is 0 Å². The Morgan fingerprint density at radius 1 is 1.22 bits per heavy atom. The molecular weight excluding hydrogens is 365 g/mol. The molecule has 7 heteroatoms. The van der Waals surface area contributed by atoms with Gasteiger partial charge in [0, 0.05) is 5.39 Å². The summed E-state index contributed by atoms with van der Waals surface area (Å²) in [4.78, 5) is 14.1. The van der Waals surface area contributed by atoms with Crippen molar-refractivity contribution in [2.45, 2.75) is 26.8 Å². The van der Waals surface area contributed by atoms with Gasteiger partial charge in [0.25, 0.3) is 5.91 Å². The van der Waals surface area contributed by atoms with Crippen LogP contribution in [0.1, 0.15) is 39.9 Å². The maximum absolute atomic E-state index is 13.2. The van der Waals surface area contributed by atoms with Crippen molar-refractivity contribution < 1.29 is 13.6 Å². The number of carbonyl (C=O) groups excluding carboxylic acids is 1. The third kappa shape index (κ3) is 3.26. The molecule has 0 bridgehead atoms. The Kier molecular flexibility index (Phi) is 4.31. The molecule has 0 fully saturated rings. The average molecular weight is 383 g/mol. The number of halogens is 1. The first-order valence-electron chi connectivity index (χ1n) is 8.54. The minimum Gasteiger partial charge on any atom is -0.464 e. The van der Waals surface area contributed by atoms with Crippen LogP contribution in [0.15, 0.2) is 46.9 Å². The second kappa shape index (κ2) is 6.66. The predicted molar refractivity (Wildman–Crippen MR) is 103 cm³/mol. The van der Waals surface area contributed by atoms with Gasteiger partial charge in [-0.2, -0.15) is 5.10 Å². The van der Waals surface area contributed by atoms with E-state index in [1.165, 1.54) is 23.5 Å². The molecule has 27 heavy (non-hydrogen) atoms. The molecule has 0 saturated heterocycles. The molecule has 1 unspecified atom stereocenters. The second-order valence-electron chi connectivity index (χ2n) is 6.45. The number of carbonyl (C=O) groups is 1. The number of nitrogens with zero attached hydrogens (tertiary/aromatic N) is 2. The summed E-state index contributed by atoms with van der Waals surface area (Å²) >= 11 is 1.36. The van der Waals surface area contributed by atoms with Gasteiger partial charge < -0.3 is 9.73 Å². The van der Waals surface area contributed by atoms with Crippen LogP contribution in [0.25, 0.3) is 15.9 Å². The Hall–Kier alpha value is -2.93. The van der Waals surface area contributed by atoms with E-state index in [0.29, 0.717) is 4.88 Å². The Labute approximate surface area is 159 Å². The smallest absolute Gasteiger partial charge is 0.262 e. The number of nitrogens with one attached hydrogen (secondary N) is 1. The number of aryl methyl sites for hydroxylation is 2. The molecule has 0 spiro atoms. The maximum Gasteiger partial charge on any atom is 0.262 e. The zero-order valence-corrected chi connectivity index (χ0v) is 15.9. The summed E-state index contributed by atoms with van der Waals surface area (Å²) in [5.41, 5.74) is 1.57. The minimum atomic E-state index is -0.299. The average Bonchev–Trinajstić information content (AvgIpc) is 3.32. The largest absolute Gasteiger partial charge is 0.464 e. The van der Waals surface area contributed by atoms with Crippen molar-refractivity contribution in [1.29, 1.82) is 0 Å². The molecule has 5 nitrogen and oxygen atoms in total. The van der Waals surface area contributed by atoms with Crippen LogP contribution in [-0.2, 0) is 0 Å². The molecule has 4 rings (SSSR count). The first-order valence-corrected chi connectivity index (χ1v) is 9.36. The van der Waals surface area contributed by atoms with E-state index >= 15 is 0 Å². The molecule has 0 aliphatic heterocycles. The highest BCUT2D eigenvalue weighted by Crippen LogP contribution is 2.31. The van der Waals surface area contributed by atoms with Crippen LogP contribution in [0, 0.1) is 19.7 Å². The number of fused-ring (bicyclic) bond motifs is 1. The summed E-state index contributed by atoms with van der Waals surface area (Å²) in [7, 11) is 0. The van der Waals surface area contributed by atoms with E-state index in [4.69, 9.17) is 4.42 Å². The van der Waals surface area contributed by atoms with Crippen LogP contribution >= 0.6 is 11.3 Å². The molecule has 3 aromatic heterocycles. The quantitative estimate of drug-likeness (QED) is 0.544. The van der Waals surface area contributed by atoms with Crippen molar-refractivity contribution in [2.75, 3.05) is 0 Å². The Bertz CT molecular complexity index is 1120. The Morgan fingerprint density at radius 3 is 2.63 bits per heavy atom. The van der Waals surface area contributed by atoms with Gasteiger partial charge in [-0.15, -0.1) is 11.3 Å². The molecule has 3 heterocycles. The van der Waals surface area contributed by atoms with E-state index in [-0.39, 0.29) is 17.8 Å². The molecule has 1 aromatic carbocycles. The standard InChI is InChI=1S/C20H18FN3O2S/c1-11-4-9-17(26-11)13(3)22-19(25)18-10-16-12(2)23-24(20(16)27-18)15-7-5-14(21)6-8-15/h4-10,13H,1-3H3,(H,22,25). The van der Waals surface area contributed by atoms with Gasteiger partial charge in [-0.05, 0) is 63.2 Å². The SMILES string of the molecule is Cc1ccc(C(C)NC(=O)c2cc3c(C)nn(-c4ccc(F)cc4)c3s2)o1. The lowest BCUT2D eigenvalue weighted by atomic mass is 10.2. The van der Waals surface area contributed by atoms with E-state index in [0.717, 1.165) is 33.1 Å². The number of thiophene rings is 1. The van der Waals surface area contributed by atoms with Crippen LogP contribution in [0.5, 0.6) is 0 Å². The summed E-state index contributed by atoms with van der Waals surface area (Å²) in [6.45, 7) is 5.65. The monoisotopic (exact) mass is 383 g/mol. The van der Waals surface area contributed by atoms with Crippen molar-refractivity contribution in [3.05, 3.63) is 70.4 Å². The van der Waals surface area contributed by atoms with Crippen molar-refractivity contribution in [2.24, 2.45) is 0 Å². The second-order valence-corrected chi connectivity index (χ2v) is 7.48. The molecular formula is C20H18FN3O2S. The van der Waals surface area contributed by atoms with E-state index in [9.17, 15) is 9.18 Å². The van der Waals surface area contributed by atoms with Gasteiger partial charge in [0.1, 0.15) is 22.2 Å². The topological polar surface area (TPSA) is 60.1 Å². The van der Waals surface area contributed by atoms with Gasteiger partial charge in [-0.3, -0.25) is 4.79 Å². The first kappa shape index (κ1) is 17.5. The highest BCUT2D eigenvalue weighted by molar-refractivity contribution is 7.20. The summed E-state index contributed by atoms with van der Waals surface area (Å²) < 4.78 is 20.5. The number of amides is 1. The highest BCUT2D eigenvalue weighted by atomic mass is 32.1. The van der Waals surface area contributed by atoms with E-state index in [1.807, 2.05) is 39.0 Å². The number of hydrogen-bond donors (Lipinski definition) is 1. The zero-order chi connectivity index (χ0) is 19.1. The molecule has 0 aliphatic carbocycles. The molecule has 4 aromatic rings. The molecule has 0 saturated carbocycles. The lowest BCUT2D eigenvalue weighted by molar-refractivity contribution is 0.0939. The fourth-order valence-electron chi connectivity index (χ4n) is 2.94. The minimum absolute atomic E-state index is 0.164. The summed E-state index contributed by atoms with van der Waals surface area (Å²) in [6.07, 6.45) is 0. The molecule has 0 aliphatic rings. The van der Waals surface area contributed by atoms with Crippen LogP contribution in [-0.4, -0.2) is 15.7 Å². The Morgan fingerprint density at radius 2 is 1.96 bits per heavy atom. The number of hydrogen-bond acceptors (Lipinski definition) is 4. The molecule has 1 amide bonds. The number of aromatic nitrogens is 2. The normalized spacial score (nSPS) is 12.4. The maximum atomic E-state index is 13.2. The highest BCUT2D eigenvalue weighted by Gasteiger charge is 2.19. The van der Waals surface area contributed by atoms with Crippen LogP contribution < -0.4 is 5.32 Å². The molecule has 0 radical (unpaired) electrons. The number of benzene rings is 1. The van der Waals surface area contributed by atoms with Gasteiger partial charge in [0.15, 0.2) is 0 Å². The van der Waals surface area contributed by atoms with Crippen LogP contribution in [0.3, 0.4) is 0 Å². The summed E-state index contributed by atoms with van der Waals surface area (Å²) in [6, 6.07) is 11.5. The molecule has 1 N–H and O–H groups in total. The van der Waals surface area contributed by atoms with E-state index < -0.39 is 0 Å². The third-order valence-corrected chi connectivity index (χ3v) is 5.48. The van der Waals surface area contributed by atoms with E-state index in [2.05, 4.69) is 10.4 Å². The lowest BCUT2D eigenvalue weighted by Crippen LogP contribution is -2.25. The molecule has 1 atom stereocenters. The summed E-state index contributed by atoms with van der Waals surface area (Å²) in [5.74, 6) is 1.06. The summed E-state index contributed by atoms with van der Waals surface area (Å²) in [5, 5.41) is 8.39. The van der Waals surface area contributed by atoms with Crippen LogP contribution in [0.4, 0.5) is 4.39 Å². The molecule has 138 valence electrons. The predicted octanol–water partition coefficient (Wildman–Crippen LogP) is 4.93. The fourth-order valence-corrected chi connectivity index (χ4v) is 4.03. The van der Waals surface area contributed by atoms with E-state index in [1.54, 1.807) is 16.8 Å². The van der Waals surface area contributed by atoms with Gasteiger partial charge in [0.05, 0.1) is 22.3 Å².